The summed E-state index contributed by atoms with van der Waals surface area (Å²) in [7, 11) is 1.94. The fourth-order valence-electron chi connectivity index (χ4n) is 1.77. The molecule has 4 heteroatoms. The second-order valence-corrected chi connectivity index (χ2v) is 4.36. The molecule has 0 N–H and O–H groups in total. The Morgan fingerprint density at radius 1 is 1.33 bits per heavy atom. The standard InChI is InChI=1S/C14H12ClN3/c1-18(10-12-6-7-17-9-13(12)15)14-5-3-2-4-11(14)8-16/h2-7,9H,10H2,1H3. The summed E-state index contributed by atoms with van der Waals surface area (Å²) in [5.74, 6) is 0. The Balaban J connectivity index is 2.26. The first-order valence-corrected chi connectivity index (χ1v) is 5.89. The van der Waals surface area contributed by atoms with Crippen molar-refractivity contribution in [1.29, 1.82) is 5.26 Å². The predicted octanol–water partition coefficient (Wildman–Crippen LogP) is 3.24. The van der Waals surface area contributed by atoms with Crippen LogP contribution in [0, 0.1) is 11.3 Å². The Morgan fingerprint density at radius 2 is 2.11 bits per heavy atom. The van der Waals surface area contributed by atoms with Crippen LogP contribution in [0.25, 0.3) is 0 Å². The van der Waals surface area contributed by atoms with Crippen LogP contribution in [0.3, 0.4) is 0 Å². The monoisotopic (exact) mass is 257 g/mol. The Labute approximate surface area is 111 Å². The molecule has 0 aliphatic heterocycles. The summed E-state index contributed by atoms with van der Waals surface area (Å²) in [6, 6.07) is 11.6. The van der Waals surface area contributed by atoms with Gasteiger partial charge in [-0.25, -0.2) is 0 Å². The molecule has 0 radical (unpaired) electrons. The number of aromatic nitrogens is 1. The van der Waals surface area contributed by atoms with Crippen LogP contribution in [-0.4, -0.2) is 12.0 Å². The molecule has 0 spiro atoms. The number of nitrogens with zero attached hydrogens (tertiary/aromatic N) is 3. The van der Waals surface area contributed by atoms with Crippen molar-refractivity contribution in [1.82, 2.24) is 4.98 Å². The van der Waals surface area contributed by atoms with Crippen LogP contribution in [-0.2, 0) is 6.54 Å². The summed E-state index contributed by atoms with van der Waals surface area (Å²) in [5.41, 5.74) is 2.54. The molecular weight excluding hydrogens is 246 g/mol. The predicted molar refractivity (Wildman–Crippen MR) is 72.5 cm³/mol. The van der Waals surface area contributed by atoms with Gasteiger partial charge >= 0.3 is 0 Å². The van der Waals surface area contributed by atoms with Crippen LogP contribution >= 0.6 is 11.6 Å². The average molecular weight is 258 g/mol. The van der Waals surface area contributed by atoms with E-state index in [0.29, 0.717) is 17.1 Å². The second kappa shape index (κ2) is 5.52. The lowest BCUT2D eigenvalue weighted by molar-refractivity contribution is 0.917. The quantitative estimate of drug-likeness (QED) is 0.847. The van der Waals surface area contributed by atoms with Crippen molar-refractivity contribution in [2.45, 2.75) is 6.54 Å². The zero-order valence-electron chi connectivity index (χ0n) is 9.97. The molecule has 0 fully saturated rings. The number of pyridine rings is 1. The number of hydrogen-bond donors (Lipinski definition) is 0. The number of benzene rings is 1. The minimum absolute atomic E-state index is 0.638. The summed E-state index contributed by atoms with van der Waals surface area (Å²) in [4.78, 5) is 5.96. The number of halogens is 1. The first kappa shape index (κ1) is 12.4. The SMILES string of the molecule is CN(Cc1ccncc1Cl)c1ccccc1C#N. The number of nitriles is 1. The highest BCUT2D eigenvalue weighted by molar-refractivity contribution is 6.31. The lowest BCUT2D eigenvalue weighted by Crippen LogP contribution is -2.17. The maximum atomic E-state index is 9.08. The van der Waals surface area contributed by atoms with Crippen molar-refractivity contribution < 1.29 is 0 Å². The van der Waals surface area contributed by atoms with Crippen molar-refractivity contribution in [2.24, 2.45) is 0 Å². The van der Waals surface area contributed by atoms with Crippen molar-refractivity contribution in [3.05, 3.63) is 58.9 Å². The molecule has 3 nitrogen and oxygen atoms in total. The van der Waals surface area contributed by atoms with E-state index in [-0.39, 0.29) is 0 Å². The highest BCUT2D eigenvalue weighted by Gasteiger charge is 2.08. The van der Waals surface area contributed by atoms with E-state index in [0.717, 1.165) is 11.3 Å². The van der Waals surface area contributed by atoms with Crippen LogP contribution in [0.1, 0.15) is 11.1 Å². The molecule has 0 saturated heterocycles. The number of rotatable bonds is 3. The second-order valence-electron chi connectivity index (χ2n) is 3.95. The van der Waals surface area contributed by atoms with Gasteiger partial charge in [-0.3, -0.25) is 4.98 Å². The molecule has 0 unspecified atom stereocenters. The molecule has 0 amide bonds. The van der Waals surface area contributed by atoms with E-state index in [2.05, 4.69) is 11.1 Å². The van der Waals surface area contributed by atoms with Gasteiger partial charge in [0, 0.05) is 26.0 Å². The van der Waals surface area contributed by atoms with E-state index >= 15 is 0 Å². The highest BCUT2D eigenvalue weighted by atomic mass is 35.5. The van der Waals surface area contributed by atoms with Crippen LogP contribution in [0.4, 0.5) is 5.69 Å². The zero-order valence-corrected chi connectivity index (χ0v) is 10.7. The van der Waals surface area contributed by atoms with Gasteiger partial charge in [-0.1, -0.05) is 23.7 Å². The Kier molecular flexibility index (Phi) is 3.81. The highest BCUT2D eigenvalue weighted by Crippen LogP contribution is 2.22. The van der Waals surface area contributed by atoms with Gasteiger partial charge in [-0.05, 0) is 23.8 Å². The van der Waals surface area contributed by atoms with Gasteiger partial charge in [0.2, 0.25) is 0 Å². The fourth-order valence-corrected chi connectivity index (χ4v) is 1.95. The van der Waals surface area contributed by atoms with E-state index in [4.69, 9.17) is 16.9 Å². The number of anilines is 1. The summed E-state index contributed by atoms with van der Waals surface area (Å²) in [6.07, 6.45) is 3.34. The largest absolute Gasteiger partial charge is 0.369 e. The van der Waals surface area contributed by atoms with E-state index < -0.39 is 0 Å². The van der Waals surface area contributed by atoms with Gasteiger partial charge in [0.1, 0.15) is 6.07 Å². The lowest BCUT2D eigenvalue weighted by Gasteiger charge is -2.20. The molecule has 90 valence electrons. The maximum absolute atomic E-state index is 9.08. The number of para-hydroxylation sites is 1. The molecule has 2 rings (SSSR count). The molecule has 0 saturated carbocycles. The average Bonchev–Trinajstić information content (AvgIpc) is 2.41. The van der Waals surface area contributed by atoms with Crippen molar-refractivity contribution >= 4 is 17.3 Å². The molecule has 1 heterocycles. The van der Waals surface area contributed by atoms with Crippen LogP contribution in [0.15, 0.2) is 42.7 Å². The summed E-state index contributed by atoms with van der Waals surface area (Å²) in [5, 5.41) is 9.71. The minimum atomic E-state index is 0.638. The van der Waals surface area contributed by atoms with Crippen molar-refractivity contribution in [3.63, 3.8) is 0 Å². The molecule has 0 aliphatic rings. The van der Waals surface area contributed by atoms with Gasteiger partial charge in [-0.15, -0.1) is 0 Å². The smallest absolute Gasteiger partial charge is 0.101 e. The molecule has 1 aromatic carbocycles. The minimum Gasteiger partial charge on any atom is -0.369 e. The van der Waals surface area contributed by atoms with Gasteiger partial charge in [0.15, 0.2) is 0 Å². The van der Waals surface area contributed by atoms with Gasteiger partial charge in [0.05, 0.1) is 16.3 Å². The lowest BCUT2D eigenvalue weighted by atomic mass is 10.1. The van der Waals surface area contributed by atoms with Crippen LogP contribution < -0.4 is 4.90 Å². The Hall–Kier alpha value is -2.05. The van der Waals surface area contributed by atoms with Crippen LogP contribution in [0.2, 0.25) is 5.02 Å². The first-order valence-electron chi connectivity index (χ1n) is 5.51. The maximum Gasteiger partial charge on any atom is 0.101 e. The topological polar surface area (TPSA) is 39.9 Å². The molecule has 0 atom stereocenters. The Morgan fingerprint density at radius 3 is 2.83 bits per heavy atom. The number of hydrogen-bond acceptors (Lipinski definition) is 3. The zero-order chi connectivity index (χ0) is 13.0. The van der Waals surface area contributed by atoms with Gasteiger partial charge in [0.25, 0.3) is 0 Å². The fraction of sp³-hybridized carbons (Fsp3) is 0.143. The third kappa shape index (κ3) is 2.61. The molecule has 18 heavy (non-hydrogen) atoms. The first-order chi connectivity index (χ1) is 8.72. The molecular formula is C14H12ClN3. The molecule has 0 aliphatic carbocycles. The summed E-state index contributed by atoms with van der Waals surface area (Å²) in [6.45, 7) is 0.639. The molecule has 2 aromatic rings. The summed E-state index contributed by atoms with van der Waals surface area (Å²) < 4.78 is 0. The third-order valence-electron chi connectivity index (χ3n) is 2.70. The van der Waals surface area contributed by atoms with Gasteiger partial charge < -0.3 is 4.90 Å². The Bertz CT molecular complexity index is 590. The summed E-state index contributed by atoms with van der Waals surface area (Å²) >= 11 is 6.08. The van der Waals surface area contributed by atoms with Crippen LogP contribution in [0.5, 0.6) is 0 Å². The normalized spacial score (nSPS) is 9.83. The van der Waals surface area contributed by atoms with Crippen molar-refractivity contribution in [3.8, 4) is 6.07 Å². The molecule has 0 bridgehead atoms. The van der Waals surface area contributed by atoms with E-state index in [1.807, 2.05) is 36.2 Å². The molecule has 1 aromatic heterocycles. The van der Waals surface area contributed by atoms with E-state index in [1.54, 1.807) is 18.5 Å². The van der Waals surface area contributed by atoms with Gasteiger partial charge in [-0.2, -0.15) is 5.26 Å². The third-order valence-corrected chi connectivity index (χ3v) is 3.04. The van der Waals surface area contributed by atoms with E-state index in [1.165, 1.54) is 0 Å². The van der Waals surface area contributed by atoms with E-state index in [9.17, 15) is 0 Å². The van der Waals surface area contributed by atoms with Crippen molar-refractivity contribution in [2.75, 3.05) is 11.9 Å².